The summed E-state index contributed by atoms with van der Waals surface area (Å²) in [6.07, 6.45) is 4.21. The van der Waals surface area contributed by atoms with Gasteiger partial charge in [0.1, 0.15) is 5.57 Å². The van der Waals surface area contributed by atoms with Crippen LogP contribution in [0.15, 0.2) is 17.7 Å². The van der Waals surface area contributed by atoms with Crippen LogP contribution in [0.2, 0.25) is 0 Å². The molecule has 1 aliphatic carbocycles. The molecule has 122 valence electrons. The first-order chi connectivity index (χ1) is 10.9. The molecule has 1 aromatic carbocycles. The van der Waals surface area contributed by atoms with E-state index in [9.17, 15) is 14.7 Å². The predicted octanol–water partition coefficient (Wildman–Crippen LogP) is 2.76. The number of carbonyl (C=O) groups excluding carboxylic acids is 2. The van der Waals surface area contributed by atoms with E-state index in [4.69, 9.17) is 14.2 Å². The summed E-state index contributed by atoms with van der Waals surface area (Å²) in [6, 6.07) is 3.16. The van der Waals surface area contributed by atoms with Crippen LogP contribution < -0.4 is 4.74 Å². The number of phenols is 1. The molecular formula is C16H15IO6. The molecule has 7 heteroatoms. The van der Waals surface area contributed by atoms with E-state index in [1.165, 1.54) is 19.3 Å². The summed E-state index contributed by atoms with van der Waals surface area (Å²) in [6.45, 7) is 0. The van der Waals surface area contributed by atoms with Gasteiger partial charge in [-0.1, -0.05) is 0 Å². The Morgan fingerprint density at radius 2 is 1.83 bits per heavy atom. The van der Waals surface area contributed by atoms with Gasteiger partial charge in [-0.3, -0.25) is 0 Å². The second-order valence-electron chi connectivity index (χ2n) is 5.51. The number of phenolic OH excluding ortho intramolecular Hbond substituents is 1. The van der Waals surface area contributed by atoms with E-state index < -0.39 is 17.7 Å². The molecule has 2 fully saturated rings. The Hall–Kier alpha value is -1.77. The topological polar surface area (TPSA) is 82.1 Å². The molecule has 1 aromatic rings. The lowest BCUT2D eigenvalue weighted by Crippen LogP contribution is -2.44. The van der Waals surface area contributed by atoms with Gasteiger partial charge in [0, 0.05) is 12.8 Å². The highest BCUT2D eigenvalue weighted by Crippen LogP contribution is 2.39. The second kappa shape index (κ2) is 6.03. The number of carbonyl (C=O) groups is 2. The molecule has 0 unspecified atom stereocenters. The molecule has 1 spiro atoms. The van der Waals surface area contributed by atoms with Crippen LogP contribution >= 0.6 is 22.6 Å². The molecular weight excluding hydrogens is 415 g/mol. The standard InChI is InChI=1S/C16H15IO6/c1-21-12-8-9(7-11(17)13(12)18)6-10-14(19)22-16(23-15(10)20)4-2-3-5-16/h6-8,18H,2-5H2,1H3. The van der Waals surface area contributed by atoms with E-state index in [0.717, 1.165) is 12.8 Å². The van der Waals surface area contributed by atoms with E-state index in [1.54, 1.807) is 6.07 Å². The molecule has 1 N–H and O–H groups in total. The van der Waals surface area contributed by atoms with Gasteiger partial charge < -0.3 is 19.3 Å². The average molecular weight is 430 g/mol. The number of benzene rings is 1. The first-order valence-electron chi connectivity index (χ1n) is 7.19. The van der Waals surface area contributed by atoms with E-state index >= 15 is 0 Å². The molecule has 23 heavy (non-hydrogen) atoms. The Morgan fingerprint density at radius 1 is 1.22 bits per heavy atom. The van der Waals surface area contributed by atoms with E-state index in [0.29, 0.717) is 22.0 Å². The highest BCUT2D eigenvalue weighted by molar-refractivity contribution is 14.1. The molecule has 2 aliphatic rings. The molecule has 1 heterocycles. The van der Waals surface area contributed by atoms with Crippen molar-refractivity contribution in [1.82, 2.24) is 0 Å². The van der Waals surface area contributed by atoms with Crippen LogP contribution in [0.5, 0.6) is 11.5 Å². The van der Waals surface area contributed by atoms with Crippen LogP contribution in [0.4, 0.5) is 0 Å². The summed E-state index contributed by atoms with van der Waals surface area (Å²) >= 11 is 1.94. The number of hydrogen-bond donors (Lipinski definition) is 1. The molecule has 6 nitrogen and oxygen atoms in total. The number of ether oxygens (including phenoxy) is 3. The number of methoxy groups -OCH3 is 1. The Bertz CT molecular complexity index is 681. The van der Waals surface area contributed by atoms with Crippen molar-refractivity contribution in [3.63, 3.8) is 0 Å². The van der Waals surface area contributed by atoms with Gasteiger partial charge in [-0.2, -0.15) is 0 Å². The quantitative estimate of drug-likeness (QED) is 0.337. The minimum Gasteiger partial charge on any atom is -0.504 e. The molecule has 1 saturated heterocycles. The number of halogens is 1. The smallest absolute Gasteiger partial charge is 0.348 e. The van der Waals surface area contributed by atoms with Crippen LogP contribution in [0.3, 0.4) is 0 Å². The zero-order valence-corrected chi connectivity index (χ0v) is 14.6. The summed E-state index contributed by atoms with van der Waals surface area (Å²) in [4.78, 5) is 24.4. The fourth-order valence-electron chi connectivity index (χ4n) is 2.79. The maximum absolute atomic E-state index is 12.2. The Morgan fingerprint density at radius 3 is 2.39 bits per heavy atom. The van der Waals surface area contributed by atoms with Crippen molar-refractivity contribution in [2.24, 2.45) is 0 Å². The summed E-state index contributed by atoms with van der Waals surface area (Å²) in [5.41, 5.74) is 0.376. The first kappa shape index (κ1) is 16.1. The van der Waals surface area contributed by atoms with Crippen molar-refractivity contribution in [2.75, 3.05) is 7.11 Å². The van der Waals surface area contributed by atoms with Crippen molar-refractivity contribution >= 4 is 40.6 Å². The SMILES string of the molecule is COc1cc(C=C2C(=O)OC3(CCCC3)OC2=O)cc(I)c1O. The minimum atomic E-state index is -1.08. The third-order valence-corrected chi connectivity index (χ3v) is 4.77. The van der Waals surface area contributed by atoms with Crippen molar-refractivity contribution in [3.05, 3.63) is 26.8 Å². The molecule has 1 aliphatic heterocycles. The number of rotatable bonds is 2. The Labute approximate surface area is 146 Å². The van der Waals surface area contributed by atoms with Crippen LogP contribution in [0.1, 0.15) is 31.2 Å². The van der Waals surface area contributed by atoms with Gasteiger partial charge in [0.05, 0.1) is 10.7 Å². The molecule has 0 amide bonds. The lowest BCUT2D eigenvalue weighted by atomic mass is 10.1. The second-order valence-corrected chi connectivity index (χ2v) is 6.67. The van der Waals surface area contributed by atoms with Gasteiger partial charge in [-0.15, -0.1) is 0 Å². The molecule has 0 bridgehead atoms. The number of hydrogen-bond acceptors (Lipinski definition) is 6. The van der Waals surface area contributed by atoms with Gasteiger partial charge in [-0.05, 0) is 59.2 Å². The maximum atomic E-state index is 12.2. The Kier molecular flexibility index (Phi) is 4.22. The van der Waals surface area contributed by atoms with Crippen molar-refractivity contribution < 1.29 is 28.9 Å². The van der Waals surface area contributed by atoms with Crippen LogP contribution in [0, 0.1) is 3.57 Å². The maximum Gasteiger partial charge on any atom is 0.348 e. The van der Waals surface area contributed by atoms with E-state index in [2.05, 4.69) is 0 Å². The summed E-state index contributed by atoms with van der Waals surface area (Å²) in [5, 5.41) is 9.83. The number of esters is 2. The highest BCUT2D eigenvalue weighted by Gasteiger charge is 2.47. The lowest BCUT2D eigenvalue weighted by Gasteiger charge is -2.32. The van der Waals surface area contributed by atoms with E-state index in [1.807, 2.05) is 22.6 Å². The zero-order chi connectivity index (χ0) is 16.6. The van der Waals surface area contributed by atoms with Crippen molar-refractivity contribution in [3.8, 4) is 11.5 Å². The third-order valence-electron chi connectivity index (χ3n) is 3.94. The van der Waals surface area contributed by atoms with Crippen LogP contribution in [0.25, 0.3) is 6.08 Å². The van der Waals surface area contributed by atoms with Gasteiger partial charge in [0.15, 0.2) is 11.5 Å². The molecule has 3 rings (SSSR count). The molecule has 1 saturated carbocycles. The van der Waals surface area contributed by atoms with Crippen molar-refractivity contribution in [2.45, 2.75) is 31.5 Å². The van der Waals surface area contributed by atoms with Crippen LogP contribution in [-0.4, -0.2) is 29.9 Å². The monoisotopic (exact) mass is 430 g/mol. The summed E-state index contributed by atoms with van der Waals surface area (Å²) in [7, 11) is 1.43. The molecule has 0 aromatic heterocycles. The summed E-state index contributed by atoms with van der Waals surface area (Å²) < 4.78 is 16.3. The largest absolute Gasteiger partial charge is 0.504 e. The van der Waals surface area contributed by atoms with E-state index in [-0.39, 0.29) is 17.1 Å². The third kappa shape index (κ3) is 3.01. The number of aromatic hydroxyl groups is 1. The fourth-order valence-corrected chi connectivity index (χ4v) is 3.41. The highest BCUT2D eigenvalue weighted by atomic mass is 127. The fraction of sp³-hybridized carbons (Fsp3) is 0.375. The summed E-state index contributed by atoms with van der Waals surface area (Å²) in [5.74, 6) is -2.16. The predicted molar refractivity (Wildman–Crippen MR) is 88.7 cm³/mol. The van der Waals surface area contributed by atoms with Gasteiger partial charge in [-0.25, -0.2) is 9.59 Å². The van der Waals surface area contributed by atoms with Gasteiger partial charge >= 0.3 is 11.9 Å². The van der Waals surface area contributed by atoms with Gasteiger partial charge in [0.25, 0.3) is 5.79 Å². The first-order valence-corrected chi connectivity index (χ1v) is 8.27. The average Bonchev–Trinajstić information content (AvgIpc) is 2.94. The van der Waals surface area contributed by atoms with Crippen LogP contribution in [-0.2, 0) is 19.1 Å². The molecule has 0 atom stereocenters. The Balaban J connectivity index is 1.92. The lowest BCUT2D eigenvalue weighted by molar-refractivity contribution is -0.232. The zero-order valence-electron chi connectivity index (χ0n) is 12.4. The molecule has 0 radical (unpaired) electrons. The minimum absolute atomic E-state index is 0.00829. The van der Waals surface area contributed by atoms with Gasteiger partial charge in [0.2, 0.25) is 0 Å². The van der Waals surface area contributed by atoms with Crippen molar-refractivity contribution in [1.29, 1.82) is 0 Å². The normalized spacial score (nSPS) is 19.5.